The van der Waals surface area contributed by atoms with Crippen molar-refractivity contribution in [3.05, 3.63) is 22.7 Å². The first-order valence-corrected chi connectivity index (χ1v) is 7.81. The molecular formula is C16H26ClNO2. The van der Waals surface area contributed by atoms with Gasteiger partial charge in [-0.25, -0.2) is 0 Å². The predicted octanol–water partition coefficient (Wildman–Crippen LogP) is 4.42. The van der Waals surface area contributed by atoms with Gasteiger partial charge in [-0.2, -0.15) is 0 Å². The number of nitrogens with one attached hydrogen (secondary N) is 1. The van der Waals surface area contributed by atoms with E-state index in [9.17, 15) is 0 Å². The van der Waals surface area contributed by atoms with Crippen LogP contribution in [0.1, 0.15) is 46.1 Å². The Labute approximate surface area is 127 Å². The van der Waals surface area contributed by atoms with Crippen LogP contribution in [0.4, 0.5) is 0 Å². The lowest BCUT2D eigenvalue weighted by molar-refractivity contribution is 0.276. The molecule has 0 saturated heterocycles. The SMILES string of the molecule is CCCOc1cc(Cl)c(CNC(C)CC)cc1OCC. The van der Waals surface area contributed by atoms with Crippen molar-refractivity contribution in [3.63, 3.8) is 0 Å². The molecule has 1 atom stereocenters. The van der Waals surface area contributed by atoms with Crippen LogP contribution in [0.2, 0.25) is 5.02 Å². The van der Waals surface area contributed by atoms with Crippen molar-refractivity contribution >= 4 is 11.6 Å². The van der Waals surface area contributed by atoms with Gasteiger partial charge in [0.1, 0.15) is 0 Å². The Balaban J connectivity index is 2.87. The second-order valence-corrected chi connectivity index (χ2v) is 5.27. The highest BCUT2D eigenvalue weighted by Gasteiger charge is 2.11. The van der Waals surface area contributed by atoms with E-state index in [0.717, 1.165) is 41.5 Å². The van der Waals surface area contributed by atoms with Gasteiger partial charge in [-0.15, -0.1) is 0 Å². The van der Waals surface area contributed by atoms with Gasteiger partial charge in [0, 0.05) is 23.7 Å². The highest BCUT2D eigenvalue weighted by molar-refractivity contribution is 6.31. The summed E-state index contributed by atoms with van der Waals surface area (Å²) >= 11 is 6.33. The second kappa shape index (κ2) is 9.09. The zero-order valence-corrected chi connectivity index (χ0v) is 13.7. The smallest absolute Gasteiger partial charge is 0.162 e. The Morgan fingerprint density at radius 1 is 1.15 bits per heavy atom. The average molecular weight is 300 g/mol. The van der Waals surface area contributed by atoms with Gasteiger partial charge in [-0.05, 0) is 38.3 Å². The lowest BCUT2D eigenvalue weighted by atomic mass is 10.1. The van der Waals surface area contributed by atoms with Crippen molar-refractivity contribution in [2.75, 3.05) is 13.2 Å². The van der Waals surface area contributed by atoms with E-state index in [1.807, 2.05) is 19.1 Å². The molecule has 0 aliphatic rings. The fraction of sp³-hybridized carbons (Fsp3) is 0.625. The fourth-order valence-corrected chi connectivity index (χ4v) is 1.95. The molecular weight excluding hydrogens is 274 g/mol. The highest BCUT2D eigenvalue weighted by atomic mass is 35.5. The number of rotatable bonds is 9. The molecule has 0 aliphatic heterocycles. The molecule has 0 fully saturated rings. The van der Waals surface area contributed by atoms with Crippen molar-refractivity contribution in [1.82, 2.24) is 5.32 Å². The summed E-state index contributed by atoms with van der Waals surface area (Å²) in [5, 5.41) is 4.16. The minimum absolute atomic E-state index is 0.470. The Morgan fingerprint density at radius 2 is 1.85 bits per heavy atom. The number of halogens is 1. The minimum atomic E-state index is 0.470. The van der Waals surface area contributed by atoms with Crippen molar-refractivity contribution in [2.45, 2.75) is 53.1 Å². The van der Waals surface area contributed by atoms with E-state index in [-0.39, 0.29) is 0 Å². The zero-order valence-electron chi connectivity index (χ0n) is 13.0. The highest BCUT2D eigenvalue weighted by Crippen LogP contribution is 2.33. The Kier molecular flexibility index (Phi) is 7.78. The summed E-state index contributed by atoms with van der Waals surface area (Å²) in [6.07, 6.45) is 2.05. The molecule has 4 heteroatoms. The van der Waals surface area contributed by atoms with Crippen LogP contribution < -0.4 is 14.8 Å². The molecule has 0 aliphatic carbocycles. The van der Waals surface area contributed by atoms with Crippen LogP contribution >= 0.6 is 11.6 Å². The second-order valence-electron chi connectivity index (χ2n) is 4.86. The van der Waals surface area contributed by atoms with Crippen molar-refractivity contribution in [1.29, 1.82) is 0 Å². The monoisotopic (exact) mass is 299 g/mol. The van der Waals surface area contributed by atoms with E-state index in [1.54, 1.807) is 0 Å². The summed E-state index contributed by atoms with van der Waals surface area (Å²) in [5.41, 5.74) is 1.04. The molecule has 0 radical (unpaired) electrons. The molecule has 0 saturated carbocycles. The quantitative estimate of drug-likeness (QED) is 0.732. The molecule has 0 amide bonds. The van der Waals surface area contributed by atoms with E-state index in [4.69, 9.17) is 21.1 Å². The zero-order chi connectivity index (χ0) is 15.0. The predicted molar refractivity (Wildman–Crippen MR) is 85.0 cm³/mol. The maximum Gasteiger partial charge on any atom is 0.162 e. The average Bonchev–Trinajstić information content (AvgIpc) is 2.45. The third kappa shape index (κ3) is 5.22. The van der Waals surface area contributed by atoms with E-state index in [1.165, 1.54) is 0 Å². The molecule has 0 aromatic heterocycles. The summed E-state index contributed by atoms with van der Waals surface area (Å²) < 4.78 is 11.3. The molecule has 114 valence electrons. The lowest BCUT2D eigenvalue weighted by Gasteiger charge is -2.16. The number of benzene rings is 1. The van der Waals surface area contributed by atoms with Gasteiger partial charge in [0.15, 0.2) is 11.5 Å². The molecule has 20 heavy (non-hydrogen) atoms. The van der Waals surface area contributed by atoms with Gasteiger partial charge in [0.05, 0.1) is 13.2 Å². The summed E-state index contributed by atoms with van der Waals surface area (Å²) in [5.74, 6) is 1.50. The Bertz CT molecular complexity index is 410. The van der Waals surface area contributed by atoms with Gasteiger partial charge in [0.25, 0.3) is 0 Å². The van der Waals surface area contributed by atoms with Crippen molar-refractivity contribution in [2.24, 2.45) is 0 Å². The first-order chi connectivity index (χ1) is 9.62. The topological polar surface area (TPSA) is 30.5 Å². The summed E-state index contributed by atoms with van der Waals surface area (Å²) in [6.45, 7) is 10.4. The van der Waals surface area contributed by atoms with Gasteiger partial charge in [0.2, 0.25) is 0 Å². The molecule has 1 aromatic carbocycles. The minimum Gasteiger partial charge on any atom is -0.490 e. The molecule has 3 nitrogen and oxygen atoms in total. The molecule has 0 heterocycles. The van der Waals surface area contributed by atoms with Crippen LogP contribution in [-0.2, 0) is 6.54 Å². The molecule has 1 N–H and O–H groups in total. The van der Waals surface area contributed by atoms with Crippen LogP contribution in [0, 0.1) is 0 Å². The van der Waals surface area contributed by atoms with Crippen molar-refractivity contribution in [3.8, 4) is 11.5 Å². The number of ether oxygens (including phenoxy) is 2. The van der Waals surface area contributed by atoms with Crippen LogP contribution in [0.3, 0.4) is 0 Å². The van der Waals surface area contributed by atoms with Crippen LogP contribution in [0.15, 0.2) is 12.1 Å². The summed E-state index contributed by atoms with van der Waals surface area (Å²) in [4.78, 5) is 0. The molecule has 0 bridgehead atoms. The van der Waals surface area contributed by atoms with Crippen molar-refractivity contribution < 1.29 is 9.47 Å². The standard InChI is InChI=1S/C16H26ClNO2/c1-5-8-20-16-10-14(17)13(9-15(16)19-7-3)11-18-12(4)6-2/h9-10,12,18H,5-8,11H2,1-4H3. The van der Waals surface area contributed by atoms with Gasteiger partial charge in [-0.1, -0.05) is 25.4 Å². The van der Waals surface area contributed by atoms with Crippen LogP contribution in [0.5, 0.6) is 11.5 Å². The maximum absolute atomic E-state index is 6.33. The van der Waals surface area contributed by atoms with E-state index < -0.39 is 0 Å². The first-order valence-electron chi connectivity index (χ1n) is 7.43. The van der Waals surface area contributed by atoms with Crippen LogP contribution in [0.25, 0.3) is 0 Å². The molecule has 1 aromatic rings. The third-order valence-corrected chi connectivity index (χ3v) is 3.48. The normalized spacial score (nSPS) is 12.2. The Morgan fingerprint density at radius 3 is 2.45 bits per heavy atom. The van der Waals surface area contributed by atoms with E-state index >= 15 is 0 Å². The Hall–Kier alpha value is -0.930. The third-order valence-electron chi connectivity index (χ3n) is 3.13. The van der Waals surface area contributed by atoms with Gasteiger partial charge >= 0.3 is 0 Å². The molecule has 1 unspecified atom stereocenters. The van der Waals surface area contributed by atoms with E-state index in [2.05, 4.69) is 26.1 Å². The van der Waals surface area contributed by atoms with E-state index in [0.29, 0.717) is 19.3 Å². The number of hydrogen-bond acceptors (Lipinski definition) is 3. The largest absolute Gasteiger partial charge is 0.490 e. The van der Waals surface area contributed by atoms with Gasteiger partial charge in [-0.3, -0.25) is 0 Å². The molecule has 0 spiro atoms. The molecule has 1 rings (SSSR count). The fourth-order valence-electron chi connectivity index (χ4n) is 1.73. The summed E-state index contributed by atoms with van der Waals surface area (Å²) in [7, 11) is 0. The maximum atomic E-state index is 6.33. The van der Waals surface area contributed by atoms with Gasteiger partial charge < -0.3 is 14.8 Å². The number of hydrogen-bond donors (Lipinski definition) is 1. The lowest BCUT2D eigenvalue weighted by Crippen LogP contribution is -2.24. The first kappa shape index (κ1) is 17.1. The van der Waals surface area contributed by atoms with Crippen LogP contribution in [-0.4, -0.2) is 19.3 Å². The summed E-state index contributed by atoms with van der Waals surface area (Å²) in [6, 6.07) is 4.31.